The van der Waals surface area contributed by atoms with Crippen molar-refractivity contribution in [2.75, 3.05) is 19.6 Å². The fourth-order valence-electron chi connectivity index (χ4n) is 2.06. The summed E-state index contributed by atoms with van der Waals surface area (Å²) in [6, 6.07) is 3.78. The molecule has 0 radical (unpaired) electrons. The van der Waals surface area contributed by atoms with Crippen molar-refractivity contribution in [3.05, 3.63) is 24.2 Å². The van der Waals surface area contributed by atoms with Crippen LogP contribution in [0.25, 0.3) is 0 Å². The summed E-state index contributed by atoms with van der Waals surface area (Å²) < 4.78 is 5.20. The number of carbonyl (C=O) groups excluding carboxylic acids is 1. The Hall–Kier alpha value is -1.29. The molecule has 1 saturated heterocycles. The zero-order valence-corrected chi connectivity index (χ0v) is 9.53. The molecule has 1 aromatic heterocycles. The lowest BCUT2D eigenvalue weighted by atomic mass is 9.97. The lowest BCUT2D eigenvalue weighted by molar-refractivity contribution is -0.125. The Balaban J connectivity index is 1.71. The summed E-state index contributed by atoms with van der Waals surface area (Å²) >= 11 is 0. The van der Waals surface area contributed by atoms with Gasteiger partial charge in [0.2, 0.25) is 5.91 Å². The molecule has 2 rings (SSSR count). The predicted molar refractivity (Wildman–Crippen MR) is 60.9 cm³/mol. The van der Waals surface area contributed by atoms with Crippen LogP contribution in [-0.2, 0) is 11.2 Å². The molecule has 1 aliphatic heterocycles. The molecule has 1 fully saturated rings. The molecular weight excluding hydrogens is 204 g/mol. The minimum Gasteiger partial charge on any atom is -0.469 e. The Morgan fingerprint density at radius 2 is 2.50 bits per heavy atom. The van der Waals surface area contributed by atoms with E-state index >= 15 is 0 Å². The maximum absolute atomic E-state index is 11.8. The summed E-state index contributed by atoms with van der Waals surface area (Å²) in [6.07, 6.45) is 2.41. The summed E-state index contributed by atoms with van der Waals surface area (Å²) in [7, 11) is 0. The molecule has 1 aromatic rings. The van der Waals surface area contributed by atoms with Gasteiger partial charge in [-0.1, -0.05) is 6.92 Å². The highest BCUT2D eigenvalue weighted by molar-refractivity contribution is 5.79. The van der Waals surface area contributed by atoms with Crippen LogP contribution in [0, 0.1) is 11.8 Å². The van der Waals surface area contributed by atoms with Gasteiger partial charge in [0, 0.05) is 19.5 Å². The third kappa shape index (κ3) is 2.64. The Labute approximate surface area is 95.4 Å². The second kappa shape index (κ2) is 5.16. The molecule has 2 heterocycles. The summed E-state index contributed by atoms with van der Waals surface area (Å²) in [6.45, 7) is 4.50. The van der Waals surface area contributed by atoms with Crippen molar-refractivity contribution >= 4 is 5.91 Å². The maximum atomic E-state index is 11.8. The van der Waals surface area contributed by atoms with E-state index in [1.54, 1.807) is 6.26 Å². The lowest BCUT2D eigenvalue weighted by Gasteiger charge is -2.13. The van der Waals surface area contributed by atoms with Crippen LogP contribution in [-0.4, -0.2) is 25.5 Å². The van der Waals surface area contributed by atoms with Crippen LogP contribution >= 0.6 is 0 Å². The Kier molecular flexibility index (Phi) is 3.62. The van der Waals surface area contributed by atoms with Gasteiger partial charge in [0.25, 0.3) is 0 Å². The summed E-state index contributed by atoms with van der Waals surface area (Å²) in [4.78, 5) is 11.8. The first-order valence-electron chi connectivity index (χ1n) is 5.78. The summed E-state index contributed by atoms with van der Waals surface area (Å²) in [5, 5.41) is 6.18. The first-order valence-corrected chi connectivity index (χ1v) is 5.78. The Morgan fingerprint density at radius 3 is 3.12 bits per heavy atom. The van der Waals surface area contributed by atoms with Gasteiger partial charge >= 0.3 is 0 Å². The standard InChI is InChI=1S/C12H18N2O2/c1-9-7-13-8-11(9)12(15)14-5-4-10-3-2-6-16-10/h2-3,6,9,11,13H,4-5,7-8H2,1H3,(H,14,15). The van der Waals surface area contributed by atoms with E-state index in [1.165, 1.54) is 0 Å². The van der Waals surface area contributed by atoms with Crippen LogP contribution in [0.3, 0.4) is 0 Å². The Bertz CT molecular complexity index is 335. The maximum Gasteiger partial charge on any atom is 0.224 e. The third-order valence-electron chi connectivity index (χ3n) is 3.10. The molecule has 88 valence electrons. The average Bonchev–Trinajstić information content (AvgIpc) is 2.88. The van der Waals surface area contributed by atoms with E-state index in [0.29, 0.717) is 12.5 Å². The highest BCUT2D eigenvalue weighted by atomic mass is 16.3. The topological polar surface area (TPSA) is 54.3 Å². The van der Waals surface area contributed by atoms with E-state index in [4.69, 9.17) is 4.42 Å². The van der Waals surface area contributed by atoms with Gasteiger partial charge in [-0.3, -0.25) is 4.79 Å². The highest BCUT2D eigenvalue weighted by Crippen LogP contribution is 2.15. The SMILES string of the molecule is CC1CNCC1C(=O)NCCc1ccco1. The van der Waals surface area contributed by atoms with Crippen molar-refractivity contribution in [1.29, 1.82) is 0 Å². The number of hydrogen-bond donors (Lipinski definition) is 2. The van der Waals surface area contributed by atoms with Crippen molar-refractivity contribution in [1.82, 2.24) is 10.6 Å². The fraction of sp³-hybridized carbons (Fsp3) is 0.583. The molecule has 16 heavy (non-hydrogen) atoms. The molecule has 2 atom stereocenters. The minimum absolute atomic E-state index is 0.122. The first kappa shape index (κ1) is 11.2. The molecular formula is C12H18N2O2. The minimum atomic E-state index is 0.122. The molecule has 0 aromatic carbocycles. The summed E-state index contributed by atoms with van der Waals surface area (Å²) in [5.41, 5.74) is 0. The fourth-order valence-corrected chi connectivity index (χ4v) is 2.06. The number of rotatable bonds is 4. The second-order valence-corrected chi connectivity index (χ2v) is 4.36. The van der Waals surface area contributed by atoms with Gasteiger partial charge in [-0.05, 0) is 24.6 Å². The number of hydrogen-bond acceptors (Lipinski definition) is 3. The number of nitrogens with one attached hydrogen (secondary N) is 2. The van der Waals surface area contributed by atoms with E-state index < -0.39 is 0 Å². The van der Waals surface area contributed by atoms with Crippen molar-refractivity contribution in [2.45, 2.75) is 13.3 Å². The van der Waals surface area contributed by atoms with Crippen LogP contribution in [0.1, 0.15) is 12.7 Å². The largest absolute Gasteiger partial charge is 0.469 e. The predicted octanol–water partition coefficient (Wildman–Crippen LogP) is 0.794. The number of carbonyl (C=O) groups is 1. The molecule has 4 heteroatoms. The van der Waals surface area contributed by atoms with Crippen molar-refractivity contribution in [3.8, 4) is 0 Å². The zero-order chi connectivity index (χ0) is 11.4. The third-order valence-corrected chi connectivity index (χ3v) is 3.10. The van der Waals surface area contributed by atoms with Crippen molar-refractivity contribution < 1.29 is 9.21 Å². The molecule has 0 spiro atoms. The first-order chi connectivity index (χ1) is 7.77. The monoisotopic (exact) mass is 222 g/mol. The van der Waals surface area contributed by atoms with E-state index in [-0.39, 0.29) is 11.8 Å². The second-order valence-electron chi connectivity index (χ2n) is 4.36. The molecule has 0 aliphatic carbocycles. The summed E-state index contributed by atoms with van der Waals surface area (Å²) in [5.74, 6) is 1.63. The number of amides is 1. The molecule has 4 nitrogen and oxygen atoms in total. The molecule has 2 unspecified atom stereocenters. The van der Waals surface area contributed by atoms with Gasteiger partial charge in [-0.2, -0.15) is 0 Å². The van der Waals surface area contributed by atoms with Crippen molar-refractivity contribution in [2.24, 2.45) is 11.8 Å². The van der Waals surface area contributed by atoms with E-state index in [0.717, 1.165) is 25.3 Å². The average molecular weight is 222 g/mol. The van der Waals surface area contributed by atoms with Crippen LogP contribution in [0.2, 0.25) is 0 Å². The van der Waals surface area contributed by atoms with E-state index in [2.05, 4.69) is 17.6 Å². The molecule has 0 saturated carbocycles. The van der Waals surface area contributed by atoms with Gasteiger partial charge < -0.3 is 15.1 Å². The highest BCUT2D eigenvalue weighted by Gasteiger charge is 2.28. The van der Waals surface area contributed by atoms with E-state index in [9.17, 15) is 4.79 Å². The normalized spacial score (nSPS) is 24.6. The van der Waals surface area contributed by atoms with Gasteiger partial charge in [0.05, 0.1) is 12.2 Å². The zero-order valence-electron chi connectivity index (χ0n) is 9.53. The quantitative estimate of drug-likeness (QED) is 0.792. The smallest absolute Gasteiger partial charge is 0.224 e. The molecule has 0 bridgehead atoms. The van der Waals surface area contributed by atoms with Crippen LogP contribution in [0.4, 0.5) is 0 Å². The van der Waals surface area contributed by atoms with Gasteiger partial charge in [-0.15, -0.1) is 0 Å². The lowest BCUT2D eigenvalue weighted by Crippen LogP contribution is -2.35. The van der Waals surface area contributed by atoms with Gasteiger partial charge in [0.1, 0.15) is 5.76 Å². The van der Waals surface area contributed by atoms with Crippen LogP contribution < -0.4 is 10.6 Å². The molecule has 2 N–H and O–H groups in total. The van der Waals surface area contributed by atoms with Crippen LogP contribution in [0.15, 0.2) is 22.8 Å². The molecule has 1 amide bonds. The van der Waals surface area contributed by atoms with Gasteiger partial charge in [-0.25, -0.2) is 0 Å². The van der Waals surface area contributed by atoms with Crippen LogP contribution in [0.5, 0.6) is 0 Å². The van der Waals surface area contributed by atoms with Crippen molar-refractivity contribution in [3.63, 3.8) is 0 Å². The number of furan rings is 1. The van der Waals surface area contributed by atoms with E-state index in [1.807, 2.05) is 12.1 Å². The van der Waals surface area contributed by atoms with Gasteiger partial charge in [0.15, 0.2) is 0 Å². The Morgan fingerprint density at radius 1 is 1.62 bits per heavy atom. The molecule has 1 aliphatic rings.